The molecule has 0 radical (unpaired) electrons. The van der Waals surface area contributed by atoms with E-state index in [1.165, 1.54) is 29.2 Å². The summed E-state index contributed by atoms with van der Waals surface area (Å²) in [4.78, 5) is 28.2. The Balaban J connectivity index is 1.50. The van der Waals surface area contributed by atoms with Crippen LogP contribution in [0.2, 0.25) is 0 Å². The zero-order chi connectivity index (χ0) is 27.6. The fourth-order valence-electron chi connectivity index (χ4n) is 10.4. The van der Waals surface area contributed by atoms with E-state index in [1.807, 2.05) is 24.3 Å². The van der Waals surface area contributed by atoms with Crippen molar-refractivity contribution < 1.29 is 19.4 Å². The standard InChI is InChI=1S/C34H41NO4/c1-16-11-17(2)25-23(12-16)26-20(5)28-19(4)18(3)13-33(28,6)29-27(26)31(25)39-22-9-7-21(8-10-22)14-34(38)15-24(30(29)36)32(37)35-34/h7-10,13,15-17,19,23,25-27,29,31,38H,11-12,14H2,1-6H3,(H,35,37)/t16-,17+,19-,23-,25-,26-,27+,29-,31-,33-,34+/m1/s1. The SMILES string of the molecule is CC1=C[C@]2(C)C(=C(C)[C@@H]3[C@@H]4C[C@H](C)C[C@H](C)[C@H]4[C@H]4Oc5ccc(cc5)C[C@]5(O)C=C(C(=O)N5)C(=O)[C@H]2[C@@H]43)[C@@H]1C. The number of ketones is 1. The van der Waals surface area contributed by atoms with Crippen LogP contribution in [-0.2, 0) is 16.0 Å². The highest BCUT2D eigenvalue weighted by Gasteiger charge is 2.66. The summed E-state index contributed by atoms with van der Waals surface area (Å²) in [5, 5.41) is 14.1. The Hall–Kier alpha value is -2.66. The first kappa shape index (κ1) is 25.3. The lowest BCUT2D eigenvalue weighted by Gasteiger charge is -2.49. The van der Waals surface area contributed by atoms with Crippen molar-refractivity contribution >= 4 is 11.7 Å². The van der Waals surface area contributed by atoms with Gasteiger partial charge in [0.1, 0.15) is 11.9 Å². The number of ether oxygens (including phenoxy) is 1. The number of carbonyl (C=O) groups excluding carboxylic acids is 2. The minimum absolute atomic E-state index is 0.0498. The number of carbonyl (C=O) groups is 2. The summed E-state index contributed by atoms with van der Waals surface area (Å²) in [5.74, 6) is 2.13. The summed E-state index contributed by atoms with van der Waals surface area (Å²) in [5.41, 5.74) is 3.01. The first-order valence-electron chi connectivity index (χ1n) is 14.9. The minimum atomic E-state index is -1.58. The van der Waals surface area contributed by atoms with Gasteiger partial charge in [0.2, 0.25) is 0 Å². The second kappa shape index (κ2) is 8.19. The Kier molecular flexibility index (Phi) is 5.32. The lowest BCUT2D eigenvalue weighted by molar-refractivity contribution is -0.130. The molecule has 2 saturated carbocycles. The van der Waals surface area contributed by atoms with Crippen LogP contribution in [0, 0.1) is 52.8 Å². The van der Waals surface area contributed by atoms with Crippen LogP contribution in [0.3, 0.4) is 0 Å². The van der Waals surface area contributed by atoms with E-state index in [4.69, 9.17) is 4.74 Å². The summed E-state index contributed by atoms with van der Waals surface area (Å²) in [6.07, 6.45) is 6.20. The molecule has 3 aliphatic heterocycles. The first-order valence-corrected chi connectivity index (χ1v) is 14.9. The summed E-state index contributed by atoms with van der Waals surface area (Å²) in [6.45, 7) is 13.7. The number of benzene rings is 1. The molecule has 5 heteroatoms. The van der Waals surface area contributed by atoms with Gasteiger partial charge in [-0.05, 0) is 80.1 Å². The molecule has 0 spiro atoms. The van der Waals surface area contributed by atoms with Gasteiger partial charge in [-0.25, -0.2) is 0 Å². The van der Waals surface area contributed by atoms with Gasteiger partial charge in [0.25, 0.3) is 5.91 Å². The molecule has 0 unspecified atom stereocenters. The molecule has 4 aliphatic carbocycles. The molecule has 7 aliphatic rings. The van der Waals surface area contributed by atoms with Crippen LogP contribution in [0.1, 0.15) is 59.9 Å². The smallest absolute Gasteiger partial charge is 0.257 e. The Morgan fingerprint density at radius 1 is 1.00 bits per heavy atom. The van der Waals surface area contributed by atoms with Crippen LogP contribution in [0.15, 0.2) is 58.7 Å². The monoisotopic (exact) mass is 527 g/mol. The summed E-state index contributed by atoms with van der Waals surface area (Å²) in [6, 6.07) is 7.92. The van der Waals surface area contributed by atoms with E-state index in [0.29, 0.717) is 23.7 Å². The number of amides is 1. The van der Waals surface area contributed by atoms with Gasteiger partial charge in [-0.15, -0.1) is 0 Å². The normalized spacial score (nSPS) is 46.2. The predicted octanol–water partition coefficient (Wildman–Crippen LogP) is 5.40. The van der Waals surface area contributed by atoms with Gasteiger partial charge in [-0.2, -0.15) is 0 Å². The Morgan fingerprint density at radius 3 is 2.44 bits per heavy atom. The van der Waals surface area contributed by atoms with Crippen molar-refractivity contribution in [3.8, 4) is 5.75 Å². The number of rotatable bonds is 0. The van der Waals surface area contributed by atoms with Gasteiger partial charge in [-0.3, -0.25) is 9.59 Å². The third kappa shape index (κ3) is 3.41. The average molecular weight is 528 g/mol. The highest BCUT2D eigenvalue weighted by atomic mass is 16.5. The van der Waals surface area contributed by atoms with Crippen LogP contribution >= 0.6 is 0 Å². The Morgan fingerprint density at radius 2 is 1.72 bits per heavy atom. The average Bonchev–Trinajstić information content (AvgIpc) is 3.41. The third-order valence-electron chi connectivity index (χ3n) is 11.6. The van der Waals surface area contributed by atoms with E-state index < -0.39 is 23.0 Å². The maximum absolute atomic E-state index is 14.8. The molecule has 3 heterocycles. The van der Waals surface area contributed by atoms with Crippen molar-refractivity contribution in [2.75, 3.05) is 0 Å². The van der Waals surface area contributed by atoms with E-state index in [-0.39, 0.29) is 41.6 Å². The molecular weight excluding hydrogens is 486 g/mol. The maximum Gasteiger partial charge on any atom is 0.257 e. The molecule has 11 atom stereocenters. The van der Waals surface area contributed by atoms with Crippen molar-refractivity contribution in [1.82, 2.24) is 5.32 Å². The molecule has 0 aromatic heterocycles. The van der Waals surface area contributed by atoms with Crippen molar-refractivity contribution in [2.24, 2.45) is 52.8 Å². The van der Waals surface area contributed by atoms with E-state index in [0.717, 1.165) is 17.7 Å². The number of fused-ring (bicyclic) bond motifs is 5. The summed E-state index contributed by atoms with van der Waals surface area (Å²) in [7, 11) is 0. The van der Waals surface area contributed by atoms with Crippen LogP contribution in [-0.4, -0.2) is 28.6 Å². The number of hydrogen-bond donors (Lipinski definition) is 2. The van der Waals surface area contributed by atoms with E-state index in [9.17, 15) is 14.7 Å². The number of Topliss-reactive ketones (excluding diaryl/α,β-unsaturated/α-hetero) is 1. The third-order valence-corrected chi connectivity index (χ3v) is 11.6. The van der Waals surface area contributed by atoms with Crippen molar-refractivity contribution in [1.29, 1.82) is 0 Å². The largest absolute Gasteiger partial charge is 0.490 e. The highest BCUT2D eigenvalue weighted by Crippen LogP contribution is 2.67. The second-order valence-electron chi connectivity index (χ2n) is 14.1. The molecule has 2 N–H and O–H groups in total. The summed E-state index contributed by atoms with van der Waals surface area (Å²) >= 11 is 0. The minimum Gasteiger partial charge on any atom is -0.490 e. The lowest BCUT2D eigenvalue weighted by Crippen LogP contribution is -2.50. The molecule has 5 nitrogen and oxygen atoms in total. The van der Waals surface area contributed by atoms with Gasteiger partial charge >= 0.3 is 0 Å². The summed E-state index contributed by atoms with van der Waals surface area (Å²) < 4.78 is 7.01. The zero-order valence-electron chi connectivity index (χ0n) is 24.0. The Bertz CT molecular complexity index is 1370. The lowest BCUT2D eigenvalue weighted by atomic mass is 9.54. The first-order chi connectivity index (χ1) is 18.4. The zero-order valence-corrected chi connectivity index (χ0v) is 24.0. The fraction of sp³-hybridized carbons (Fsp3) is 0.588. The van der Waals surface area contributed by atoms with E-state index >= 15 is 0 Å². The van der Waals surface area contributed by atoms with E-state index in [1.54, 1.807) is 0 Å². The predicted molar refractivity (Wildman–Crippen MR) is 149 cm³/mol. The maximum atomic E-state index is 14.8. The highest BCUT2D eigenvalue weighted by molar-refractivity contribution is 6.22. The van der Waals surface area contributed by atoms with Gasteiger partial charge in [0.05, 0.1) is 5.57 Å². The second-order valence-corrected chi connectivity index (χ2v) is 14.1. The number of aliphatic hydroxyl groups is 1. The van der Waals surface area contributed by atoms with Gasteiger partial charge < -0.3 is 15.2 Å². The number of hydrogen-bond acceptors (Lipinski definition) is 4. The topological polar surface area (TPSA) is 75.6 Å². The molecule has 206 valence electrons. The van der Waals surface area contributed by atoms with Crippen LogP contribution < -0.4 is 10.1 Å². The molecule has 1 amide bonds. The van der Waals surface area contributed by atoms with Gasteiger partial charge in [-0.1, -0.05) is 62.6 Å². The van der Waals surface area contributed by atoms with Crippen LogP contribution in [0.4, 0.5) is 0 Å². The molecular formula is C34H41NO4. The Labute approximate surface area is 231 Å². The van der Waals surface area contributed by atoms with Crippen molar-refractivity contribution in [2.45, 2.75) is 72.6 Å². The molecule has 0 saturated heterocycles. The van der Waals surface area contributed by atoms with Gasteiger partial charge in [0, 0.05) is 29.6 Å². The van der Waals surface area contributed by atoms with E-state index in [2.05, 4.69) is 52.9 Å². The van der Waals surface area contributed by atoms with Crippen LogP contribution in [0.5, 0.6) is 5.75 Å². The number of nitrogens with one attached hydrogen (secondary N) is 1. The molecule has 2 fully saturated rings. The van der Waals surface area contributed by atoms with Crippen molar-refractivity contribution in [3.63, 3.8) is 0 Å². The van der Waals surface area contributed by atoms with Crippen molar-refractivity contribution in [3.05, 3.63) is 64.3 Å². The molecule has 4 bridgehead atoms. The molecule has 1 aromatic carbocycles. The molecule has 39 heavy (non-hydrogen) atoms. The molecule has 1 aromatic rings. The quantitative estimate of drug-likeness (QED) is 0.350. The fourth-order valence-corrected chi connectivity index (χ4v) is 10.4. The van der Waals surface area contributed by atoms with Crippen LogP contribution in [0.25, 0.3) is 0 Å². The number of allylic oxidation sites excluding steroid dienone is 4. The molecule has 8 rings (SSSR count). The van der Waals surface area contributed by atoms with Gasteiger partial charge in [0.15, 0.2) is 11.5 Å².